The molecule has 4 aromatic carbocycles. The van der Waals surface area contributed by atoms with Crippen molar-refractivity contribution in [3.05, 3.63) is 149 Å². The van der Waals surface area contributed by atoms with E-state index in [0.717, 1.165) is 54.6 Å². The minimum Gasteiger partial charge on any atom is -0.478 e. The molecule has 18 heteroatoms. The average Bonchev–Trinajstić information content (AvgIpc) is 4.23. The van der Waals surface area contributed by atoms with Gasteiger partial charge >= 0.3 is 11.9 Å². The molecular formula is C54H48Cl4N4O10. The molecule has 2 N–H and O–H groups in total. The summed E-state index contributed by atoms with van der Waals surface area (Å²) in [6, 6.07) is 21.3. The summed E-state index contributed by atoms with van der Waals surface area (Å²) in [4.78, 5) is 53.3. The van der Waals surface area contributed by atoms with E-state index >= 15 is 0 Å². The van der Waals surface area contributed by atoms with Crippen molar-refractivity contribution in [1.82, 2.24) is 20.1 Å². The lowest BCUT2D eigenvalue weighted by Crippen LogP contribution is -2.45. The van der Waals surface area contributed by atoms with E-state index in [-0.39, 0.29) is 71.5 Å². The maximum Gasteiger partial charge on any atom is 0.335 e. The Bertz CT molecular complexity index is 3120. The average molecular weight is 1050 g/mol. The van der Waals surface area contributed by atoms with Gasteiger partial charge in [-0.25, -0.2) is 9.59 Å². The van der Waals surface area contributed by atoms with Crippen molar-refractivity contribution >= 4 is 70.2 Å². The zero-order valence-corrected chi connectivity index (χ0v) is 41.8. The Morgan fingerprint density at radius 2 is 1.17 bits per heavy atom. The summed E-state index contributed by atoms with van der Waals surface area (Å²) in [5.41, 5.74) is 5.34. The Morgan fingerprint density at radius 3 is 1.79 bits per heavy atom. The van der Waals surface area contributed by atoms with Crippen LogP contribution in [-0.4, -0.2) is 92.5 Å². The number of likely N-dealkylation sites (tertiary alicyclic amines) is 2. The van der Waals surface area contributed by atoms with Gasteiger partial charge in [0.2, 0.25) is 0 Å². The second-order valence-corrected chi connectivity index (χ2v) is 21.4. The largest absolute Gasteiger partial charge is 0.478 e. The number of ether oxygens (including phenoxy) is 2. The smallest absolute Gasteiger partial charge is 0.335 e. The minimum atomic E-state index is -1.09. The minimum absolute atomic E-state index is 0.0346. The maximum absolute atomic E-state index is 13.4. The van der Waals surface area contributed by atoms with Gasteiger partial charge in [-0.1, -0.05) is 81.0 Å². The third kappa shape index (κ3) is 9.42. The first kappa shape index (κ1) is 48.5. The quantitative estimate of drug-likeness (QED) is 0.0993. The first-order chi connectivity index (χ1) is 34.8. The van der Waals surface area contributed by atoms with Crippen LogP contribution in [0.3, 0.4) is 0 Å². The van der Waals surface area contributed by atoms with E-state index < -0.39 is 11.9 Å². The van der Waals surface area contributed by atoms with Crippen LogP contribution in [0.15, 0.2) is 87.9 Å². The van der Waals surface area contributed by atoms with Crippen LogP contribution in [0, 0.1) is 5.41 Å². The van der Waals surface area contributed by atoms with Crippen LogP contribution in [0.1, 0.15) is 139 Å². The number of carbonyl (C=O) groups is 4. The third-order valence-corrected chi connectivity index (χ3v) is 16.4. The van der Waals surface area contributed by atoms with E-state index in [1.807, 2.05) is 17.0 Å². The SMILES string of the molecule is O=C(O)c1cccc(C(=O)N2CCC(OCc3c(-c4c(Cl)cccc4Cl)noc3C3CC3c3ccc(Cl)c(-c4noc(C5CC5)c4COC4CC5(CCN(C(=O)c6cccc(C(=O)O)c6)C5)C4)c3Cl)CC2)c1. The Balaban J connectivity index is 0.784. The molecule has 372 valence electrons. The first-order valence-electron chi connectivity index (χ1n) is 24.1. The lowest BCUT2D eigenvalue weighted by molar-refractivity contribution is -0.0830. The van der Waals surface area contributed by atoms with Crippen LogP contribution >= 0.6 is 46.4 Å². The summed E-state index contributed by atoms with van der Waals surface area (Å²) >= 11 is 27.9. The fourth-order valence-corrected chi connectivity index (χ4v) is 12.2. The topological polar surface area (TPSA) is 186 Å². The van der Waals surface area contributed by atoms with Crippen molar-refractivity contribution in [3.8, 4) is 22.5 Å². The molecule has 6 aromatic rings. The van der Waals surface area contributed by atoms with Crippen LogP contribution in [0.25, 0.3) is 22.5 Å². The van der Waals surface area contributed by atoms with E-state index in [2.05, 4.69) is 10.3 Å². The van der Waals surface area contributed by atoms with Gasteiger partial charge in [-0.05, 0) is 123 Å². The standard InChI is InChI=1S/C54H48Cl4N4O10/c55-40-8-3-9-41(56)43(40)46-39(26-69-33-14-17-61(18-15-33)50(63)29-4-1-6-31(20-29)52(65)66)49(72-59-46)37-22-36(37)35-12-13-42(57)44(45(35)58)47-38(48(71-60-47)28-10-11-28)25-70-34-23-54(24-34)16-19-62(27-54)51(64)30-5-2-7-32(21-30)53(67)68/h1-9,12-13,20-21,28,33-34,36-37H,10-11,14-19,22-27H2,(H,65,66)(H,67,68). The third-order valence-electron chi connectivity index (χ3n) is 15.1. The molecule has 3 saturated carbocycles. The molecule has 4 heterocycles. The number of rotatable bonds is 15. The number of aromatic carboxylic acids is 2. The van der Waals surface area contributed by atoms with Crippen molar-refractivity contribution in [3.63, 3.8) is 0 Å². The van der Waals surface area contributed by atoms with Gasteiger partial charge in [-0.2, -0.15) is 0 Å². The molecule has 2 aromatic heterocycles. The molecular weight excluding hydrogens is 1010 g/mol. The summed E-state index contributed by atoms with van der Waals surface area (Å²) in [7, 11) is 0. The molecule has 2 amide bonds. The number of aromatic nitrogens is 2. The van der Waals surface area contributed by atoms with Crippen molar-refractivity contribution < 1.29 is 47.9 Å². The first-order valence-corrected chi connectivity index (χ1v) is 25.6. The van der Waals surface area contributed by atoms with Gasteiger partial charge in [0.25, 0.3) is 11.8 Å². The molecule has 2 saturated heterocycles. The highest BCUT2D eigenvalue weighted by Gasteiger charge is 2.51. The fraction of sp³-hybridized carbons (Fsp3) is 0.370. The Kier molecular flexibility index (Phi) is 13.2. The zero-order valence-electron chi connectivity index (χ0n) is 38.8. The zero-order chi connectivity index (χ0) is 50.0. The van der Waals surface area contributed by atoms with Gasteiger partial charge in [0.1, 0.15) is 22.9 Å². The van der Waals surface area contributed by atoms with Gasteiger partial charge in [0.15, 0.2) is 0 Å². The summed E-state index contributed by atoms with van der Waals surface area (Å²) in [5, 5.41) is 29.7. The molecule has 0 bridgehead atoms. The molecule has 5 aliphatic rings. The number of carboxylic acids is 2. The maximum atomic E-state index is 13.4. The molecule has 3 aliphatic carbocycles. The number of carbonyl (C=O) groups excluding carboxylic acids is 2. The summed E-state index contributed by atoms with van der Waals surface area (Å²) in [6.07, 6.45) is 5.99. The van der Waals surface area contributed by atoms with Gasteiger partial charge in [-0.15, -0.1) is 0 Å². The number of hydrogen-bond donors (Lipinski definition) is 2. The Hall–Kier alpha value is -5.74. The molecule has 0 radical (unpaired) electrons. The molecule has 2 aliphatic heterocycles. The van der Waals surface area contributed by atoms with Crippen LogP contribution < -0.4 is 0 Å². The van der Waals surface area contributed by atoms with E-state index in [0.29, 0.717) is 105 Å². The van der Waals surface area contributed by atoms with Gasteiger partial charge in [0.05, 0.1) is 56.6 Å². The van der Waals surface area contributed by atoms with Gasteiger partial charge < -0.3 is 38.5 Å². The molecule has 5 fully saturated rings. The van der Waals surface area contributed by atoms with Crippen molar-refractivity contribution in [2.75, 3.05) is 26.2 Å². The summed E-state index contributed by atoms with van der Waals surface area (Å²) in [5.74, 6) is -1.10. The van der Waals surface area contributed by atoms with Gasteiger partial charge in [-0.3, -0.25) is 9.59 Å². The number of amides is 2. The highest BCUT2D eigenvalue weighted by atomic mass is 35.5. The van der Waals surface area contributed by atoms with E-state index in [1.165, 1.54) is 24.3 Å². The van der Waals surface area contributed by atoms with Crippen LogP contribution in [0.4, 0.5) is 0 Å². The highest BCUT2D eigenvalue weighted by Crippen LogP contribution is 2.60. The van der Waals surface area contributed by atoms with Crippen LogP contribution in [-0.2, 0) is 22.7 Å². The molecule has 11 rings (SSSR count). The fourth-order valence-electron chi connectivity index (χ4n) is 10.9. The van der Waals surface area contributed by atoms with Gasteiger partial charge in [0, 0.05) is 71.4 Å². The monoisotopic (exact) mass is 1050 g/mol. The van der Waals surface area contributed by atoms with Crippen molar-refractivity contribution in [2.45, 2.75) is 94.5 Å². The second-order valence-electron chi connectivity index (χ2n) is 19.8. The number of carboxylic acid groups (broad SMARTS) is 2. The Morgan fingerprint density at radius 1 is 0.625 bits per heavy atom. The molecule has 2 unspecified atom stereocenters. The Labute approximate surface area is 434 Å². The molecule has 1 spiro atoms. The van der Waals surface area contributed by atoms with Crippen molar-refractivity contribution in [1.29, 1.82) is 0 Å². The summed E-state index contributed by atoms with van der Waals surface area (Å²) < 4.78 is 25.4. The number of benzene rings is 4. The number of halogens is 4. The molecule has 14 nitrogen and oxygen atoms in total. The number of nitrogens with zero attached hydrogens (tertiary/aromatic N) is 4. The lowest BCUT2D eigenvalue weighted by Gasteiger charge is -2.44. The number of piperidine rings is 1. The van der Waals surface area contributed by atoms with E-state index in [4.69, 9.17) is 64.9 Å². The summed E-state index contributed by atoms with van der Waals surface area (Å²) in [6.45, 7) is 2.45. The normalized spacial score (nSPS) is 21.8. The molecule has 72 heavy (non-hydrogen) atoms. The predicted octanol–water partition coefficient (Wildman–Crippen LogP) is 12.2. The molecule has 2 atom stereocenters. The van der Waals surface area contributed by atoms with E-state index in [9.17, 15) is 29.4 Å². The van der Waals surface area contributed by atoms with Crippen LogP contribution in [0.2, 0.25) is 20.1 Å². The highest BCUT2D eigenvalue weighted by molar-refractivity contribution is 6.40. The van der Waals surface area contributed by atoms with Crippen LogP contribution in [0.5, 0.6) is 0 Å². The number of hydrogen-bond acceptors (Lipinski definition) is 10. The van der Waals surface area contributed by atoms with E-state index in [1.54, 1.807) is 47.4 Å². The second kappa shape index (κ2) is 19.6. The lowest BCUT2D eigenvalue weighted by atomic mass is 9.66. The van der Waals surface area contributed by atoms with Crippen molar-refractivity contribution in [2.24, 2.45) is 5.41 Å². The predicted molar refractivity (Wildman–Crippen MR) is 267 cm³/mol.